The van der Waals surface area contributed by atoms with E-state index in [1.165, 1.54) is 0 Å². The maximum absolute atomic E-state index is 12.2. The molecular weight excluding hydrogens is 470 g/mol. The van der Waals surface area contributed by atoms with Crippen LogP contribution in [0.5, 0.6) is 11.5 Å². The quantitative estimate of drug-likeness (QED) is 0.648. The number of benzene rings is 1. The van der Waals surface area contributed by atoms with Crippen molar-refractivity contribution in [3.05, 3.63) is 38.1 Å². The van der Waals surface area contributed by atoms with Crippen molar-refractivity contribution < 1.29 is 17.9 Å². The molecular formula is C14H15Br2NO4S2. The Morgan fingerprint density at radius 3 is 2.17 bits per heavy atom. The van der Waals surface area contributed by atoms with Crippen LogP contribution in [0, 0.1) is 0 Å². The molecule has 0 saturated carbocycles. The second kappa shape index (κ2) is 7.98. The Morgan fingerprint density at radius 1 is 1.09 bits per heavy atom. The minimum absolute atomic E-state index is 0.263. The molecule has 9 heteroatoms. The van der Waals surface area contributed by atoms with Crippen molar-refractivity contribution in [3.8, 4) is 11.5 Å². The van der Waals surface area contributed by atoms with Crippen molar-refractivity contribution in [2.45, 2.75) is 10.6 Å². The van der Waals surface area contributed by atoms with E-state index < -0.39 is 10.0 Å². The molecule has 5 nitrogen and oxygen atoms in total. The van der Waals surface area contributed by atoms with Crippen LogP contribution in [0.15, 0.2) is 36.7 Å². The van der Waals surface area contributed by atoms with Gasteiger partial charge >= 0.3 is 0 Å². The third kappa shape index (κ3) is 4.93. The van der Waals surface area contributed by atoms with Crippen molar-refractivity contribution in [3.63, 3.8) is 0 Å². The van der Waals surface area contributed by atoms with Gasteiger partial charge in [-0.15, -0.1) is 11.3 Å². The van der Waals surface area contributed by atoms with E-state index >= 15 is 0 Å². The van der Waals surface area contributed by atoms with Gasteiger partial charge in [0.05, 0.1) is 18.0 Å². The Morgan fingerprint density at radius 2 is 1.70 bits per heavy atom. The first-order chi connectivity index (χ1) is 10.9. The van der Waals surface area contributed by atoms with Crippen LogP contribution in [0.3, 0.4) is 0 Å². The van der Waals surface area contributed by atoms with Crippen LogP contribution in [0.2, 0.25) is 0 Å². The van der Waals surface area contributed by atoms with Gasteiger partial charge in [0.15, 0.2) is 0 Å². The van der Waals surface area contributed by atoms with Crippen molar-refractivity contribution >= 4 is 53.2 Å². The smallest absolute Gasteiger partial charge is 0.250 e. The highest BCUT2D eigenvalue weighted by Gasteiger charge is 2.18. The first-order valence-corrected chi connectivity index (χ1v) is 10.4. The summed E-state index contributed by atoms with van der Waals surface area (Å²) in [6.45, 7) is 0.284. The number of hydrogen-bond donors (Lipinski definition) is 1. The van der Waals surface area contributed by atoms with Crippen molar-refractivity contribution in [1.82, 2.24) is 4.72 Å². The molecule has 0 radical (unpaired) electrons. The first kappa shape index (κ1) is 18.7. The SMILES string of the molecule is COc1cc(CCNS(=O)(=O)c2cc(Br)c(Br)s2)cc(OC)c1. The van der Waals surface area contributed by atoms with E-state index in [2.05, 4.69) is 36.6 Å². The number of ether oxygens (including phenoxy) is 2. The van der Waals surface area contributed by atoms with Crippen LogP contribution in [0.1, 0.15) is 5.56 Å². The normalized spacial score (nSPS) is 11.5. The largest absolute Gasteiger partial charge is 0.497 e. The molecule has 23 heavy (non-hydrogen) atoms. The molecule has 2 rings (SSSR count). The molecule has 0 aliphatic rings. The van der Waals surface area contributed by atoms with Crippen LogP contribution in [0.4, 0.5) is 0 Å². The molecule has 0 aliphatic heterocycles. The van der Waals surface area contributed by atoms with Gasteiger partial charge in [-0.25, -0.2) is 13.1 Å². The predicted molar refractivity (Wildman–Crippen MR) is 98.2 cm³/mol. The van der Waals surface area contributed by atoms with E-state index in [-0.39, 0.29) is 10.8 Å². The highest BCUT2D eigenvalue weighted by Crippen LogP contribution is 2.34. The fourth-order valence-electron chi connectivity index (χ4n) is 1.87. The molecule has 2 aromatic rings. The van der Waals surface area contributed by atoms with Gasteiger partial charge in [0.2, 0.25) is 10.0 Å². The Bertz CT molecular complexity index is 748. The van der Waals surface area contributed by atoms with Gasteiger partial charge in [0, 0.05) is 17.1 Å². The standard InChI is InChI=1S/C14H15Br2NO4S2/c1-20-10-5-9(6-11(7-10)21-2)3-4-17-23(18,19)13-8-12(15)14(16)22-13/h5-8,17H,3-4H2,1-2H3. The summed E-state index contributed by atoms with van der Waals surface area (Å²) in [5.41, 5.74) is 0.928. The number of sulfonamides is 1. The lowest BCUT2D eigenvalue weighted by Crippen LogP contribution is -2.25. The van der Waals surface area contributed by atoms with E-state index in [1.54, 1.807) is 26.4 Å². The Balaban J connectivity index is 2.04. The molecule has 126 valence electrons. The third-order valence-corrected chi connectivity index (χ3v) is 8.20. The number of methoxy groups -OCH3 is 2. The van der Waals surface area contributed by atoms with Crippen LogP contribution >= 0.6 is 43.2 Å². The van der Waals surface area contributed by atoms with Crippen LogP contribution in [-0.2, 0) is 16.4 Å². The second-order valence-corrected chi connectivity index (χ2v) is 9.77. The number of nitrogens with one attached hydrogen (secondary N) is 1. The monoisotopic (exact) mass is 483 g/mol. The number of rotatable bonds is 7. The van der Waals surface area contributed by atoms with E-state index in [4.69, 9.17) is 9.47 Å². The summed E-state index contributed by atoms with van der Waals surface area (Å²) in [5.74, 6) is 1.35. The number of halogens is 2. The Hall–Kier alpha value is -0.610. The molecule has 1 aromatic heterocycles. The molecule has 0 amide bonds. The minimum Gasteiger partial charge on any atom is -0.497 e. The summed E-state index contributed by atoms with van der Waals surface area (Å²) < 4.78 is 39.2. The molecule has 0 aliphatic carbocycles. The zero-order chi connectivity index (χ0) is 17.0. The molecule has 0 spiro atoms. The van der Waals surface area contributed by atoms with Crippen LogP contribution < -0.4 is 14.2 Å². The first-order valence-electron chi connectivity index (χ1n) is 6.52. The highest BCUT2D eigenvalue weighted by atomic mass is 79.9. The zero-order valence-corrected chi connectivity index (χ0v) is 17.2. The van der Waals surface area contributed by atoms with Crippen LogP contribution in [-0.4, -0.2) is 29.2 Å². The van der Waals surface area contributed by atoms with Crippen molar-refractivity contribution in [2.75, 3.05) is 20.8 Å². The van der Waals surface area contributed by atoms with Gasteiger partial charge in [0.25, 0.3) is 0 Å². The molecule has 1 aromatic carbocycles. The topological polar surface area (TPSA) is 64.6 Å². The predicted octanol–water partition coefficient (Wildman–Crippen LogP) is 3.81. The molecule has 0 saturated heterocycles. The Kier molecular flexibility index (Phi) is 6.49. The van der Waals surface area contributed by atoms with Gasteiger partial charge in [-0.2, -0.15) is 0 Å². The maximum Gasteiger partial charge on any atom is 0.250 e. The lowest BCUT2D eigenvalue weighted by atomic mass is 10.1. The average Bonchev–Trinajstić information content (AvgIpc) is 2.87. The van der Waals surface area contributed by atoms with Crippen molar-refractivity contribution in [1.29, 1.82) is 0 Å². The third-order valence-electron chi connectivity index (χ3n) is 3.00. The molecule has 0 unspecified atom stereocenters. The maximum atomic E-state index is 12.2. The molecule has 0 atom stereocenters. The lowest BCUT2D eigenvalue weighted by molar-refractivity contribution is 0.393. The molecule has 1 N–H and O–H groups in total. The fourth-order valence-corrected chi connectivity index (χ4v) is 5.77. The number of hydrogen-bond acceptors (Lipinski definition) is 5. The van der Waals surface area contributed by atoms with E-state index in [1.807, 2.05) is 12.1 Å². The van der Waals surface area contributed by atoms with E-state index in [0.717, 1.165) is 25.2 Å². The van der Waals surface area contributed by atoms with E-state index in [0.29, 0.717) is 17.9 Å². The summed E-state index contributed by atoms with van der Waals surface area (Å²) in [4.78, 5) is 0. The summed E-state index contributed by atoms with van der Waals surface area (Å²) in [6, 6.07) is 7.06. The lowest BCUT2D eigenvalue weighted by Gasteiger charge is -2.09. The average molecular weight is 485 g/mol. The molecule has 0 bridgehead atoms. The minimum atomic E-state index is -3.52. The second-order valence-electron chi connectivity index (χ2n) is 4.56. The molecule has 1 heterocycles. The summed E-state index contributed by atoms with van der Waals surface area (Å²) in [6.07, 6.45) is 0.528. The molecule has 0 fully saturated rings. The van der Waals surface area contributed by atoms with Gasteiger partial charge < -0.3 is 9.47 Å². The highest BCUT2D eigenvalue weighted by molar-refractivity contribution is 9.13. The van der Waals surface area contributed by atoms with Crippen LogP contribution in [0.25, 0.3) is 0 Å². The summed E-state index contributed by atoms with van der Waals surface area (Å²) >= 11 is 7.74. The summed E-state index contributed by atoms with van der Waals surface area (Å²) in [7, 11) is -0.363. The summed E-state index contributed by atoms with van der Waals surface area (Å²) in [5, 5.41) is 0. The number of thiophene rings is 1. The van der Waals surface area contributed by atoms with Gasteiger partial charge in [-0.05, 0) is 62.0 Å². The fraction of sp³-hybridized carbons (Fsp3) is 0.286. The van der Waals surface area contributed by atoms with Gasteiger partial charge in [0.1, 0.15) is 15.7 Å². The van der Waals surface area contributed by atoms with Gasteiger partial charge in [-0.1, -0.05) is 0 Å². The Labute approximate surface area is 156 Å². The van der Waals surface area contributed by atoms with Crippen molar-refractivity contribution in [2.24, 2.45) is 0 Å². The zero-order valence-electron chi connectivity index (χ0n) is 12.4. The van der Waals surface area contributed by atoms with E-state index in [9.17, 15) is 8.42 Å². The van der Waals surface area contributed by atoms with Gasteiger partial charge in [-0.3, -0.25) is 0 Å².